The number of hydrogen-bond acceptors (Lipinski definition) is 6. The molecule has 0 radical (unpaired) electrons. The van der Waals surface area contributed by atoms with Crippen molar-refractivity contribution in [2.75, 3.05) is 0 Å². The second-order valence-corrected chi connectivity index (χ2v) is 3.62. The average molecular weight is 255 g/mol. The zero-order valence-electron chi connectivity index (χ0n) is 8.74. The third kappa shape index (κ3) is 2.53. The number of aromatic nitrogens is 5. The highest BCUT2D eigenvalue weighted by Crippen LogP contribution is 2.10. The lowest BCUT2D eigenvalue weighted by atomic mass is 10.2. The van der Waals surface area contributed by atoms with Gasteiger partial charge in [-0.25, -0.2) is 14.6 Å². The molecular formula is C8H7ClN6O2. The van der Waals surface area contributed by atoms with E-state index in [2.05, 4.69) is 20.3 Å². The lowest BCUT2D eigenvalue weighted by Crippen LogP contribution is -2.04. The Hall–Kier alpha value is -2.09. The predicted molar refractivity (Wildman–Crippen MR) is 57.6 cm³/mol. The number of rotatable bonds is 3. The van der Waals surface area contributed by atoms with Crippen LogP contribution in [0.15, 0.2) is 12.4 Å². The zero-order chi connectivity index (χ0) is 12.4. The molecule has 0 saturated heterocycles. The normalized spacial score (nSPS) is 10.5. The van der Waals surface area contributed by atoms with Crippen molar-refractivity contribution < 1.29 is 4.92 Å². The number of nitro groups is 1. The molecule has 2 aromatic heterocycles. The highest BCUT2D eigenvalue weighted by molar-refractivity contribution is 6.28. The Morgan fingerprint density at radius 2 is 2.35 bits per heavy atom. The smallest absolute Gasteiger partial charge is 0.358 e. The quantitative estimate of drug-likeness (QED) is 0.460. The van der Waals surface area contributed by atoms with Crippen molar-refractivity contribution in [1.29, 1.82) is 0 Å². The Balaban J connectivity index is 2.22. The van der Waals surface area contributed by atoms with Gasteiger partial charge in [-0.2, -0.15) is 0 Å². The van der Waals surface area contributed by atoms with Crippen molar-refractivity contribution in [2.45, 2.75) is 13.5 Å². The van der Waals surface area contributed by atoms with Gasteiger partial charge in [0.1, 0.15) is 11.3 Å². The van der Waals surface area contributed by atoms with Crippen molar-refractivity contribution in [3.05, 3.63) is 39.0 Å². The summed E-state index contributed by atoms with van der Waals surface area (Å²) in [6, 6.07) is 0. The summed E-state index contributed by atoms with van der Waals surface area (Å²) in [7, 11) is 0. The lowest BCUT2D eigenvalue weighted by Gasteiger charge is -2.02. The van der Waals surface area contributed by atoms with E-state index < -0.39 is 4.92 Å². The maximum Gasteiger partial charge on any atom is 0.410 e. The van der Waals surface area contributed by atoms with E-state index in [4.69, 9.17) is 11.6 Å². The lowest BCUT2D eigenvalue weighted by molar-refractivity contribution is -0.389. The van der Waals surface area contributed by atoms with Gasteiger partial charge in [-0.3, -0.25) is 0 Å². The maximum atomic E-state index is 10.4. The average Bonchev–Trinajstić information content (AvgIpc) is 2.71. The van der Waals surface area contributed by atoms with Crippen LogP contribution in [0.2, 0.25) is 5.28 Å². The van der Waals surface area contributed by atoms with Crippen LogP contribution < -0.4 is 0 Å². The van der Waals surface area contributed by atoms with E-state index >= 15 is 0 Å². The van der Waals surface area contributed by atoms with Gasteiger partial charge in [0.2, 0.25) is 5.28 Å². The van der Waals surface area contributed by atoms with Gasteiger partial charge in [0.25, 0.3) is 0 Å². The highest BCUT2D eigenvalue weighted by Gasteiger charge is 2.13. The molecule has 8 nitrogen and oxygen atoms in total. The molecule has 0 aliphatic heterocycles. The van der Waals surface area contributed by atoms with E-state index in [1.54, 1.807) is 13.1 Å². The molecule has 0 fully saturated rings. The molecule has 0 saturated carbocycles. The highest BCUT2D eigenvalue weighted by atomic mass is 35.5. The fourth-order valence-corrected chi connectivity index (χ4v) is 1.42. The molecule has 0 aliphatic carbocycles. The molecule has 17 heavy (non-hydrogen) atoms. The van der Waals surface area contributed by atoms with E-state index in [0.29, 0.717) is 12.2 Å². The molecule has 0 atom stereocenters. The minimum Gasteiger partial charge on any atom is -0.358 e. The molecule has 0 N–H and O–H groups in total. The van der Waals surface area contributed by atoms with Gasteiger partial charge in [-0.05, 0) is 23.4 Å². The predicted octanol–water partition coefficient (Wildman–Crippen LogP) is 0.986. The Kier molecular flexibility index (Phi) is 2.96. The summed E-state index contributed by atoms with van der Waals surface area (Å²) >= 11 is 5.62. The van der Waals surface area contributed by atoms with E-state index in [1.165, 1.54) is 10.9 Å². The molecule has 9 heteroatoms. The molecule has 0 bridgehead atoms. The SMILES string of the molecule is Cc1nc(Cl)ncc1Cn1cc([N+](=O)[O-])nn1. The van der Waals surface area contributed by atoms with Crippen LogP contribution in [0.4, 0.5) is 5.82 Å². The third-order valence-corrected chi connectivity index (χ3v) is 2.28. The van der Waals surface area contributed by atoms with Crippen LogP contribution in [0, 0.1) is 17.0 Å². The molecule has 2 aromatic rings. The van der Waals surface area contributed by atoms with Gasteiger partial charge in [-0.1, -0.05) is 0 Å². The van der Waals surface area contributed by atoms with Crippen LogP contribution in [0.3, 0.4) is 0 Å². The fraction of sp³-hybridized carbons (Fsp3) is 0.250. The van der Waals surface area contributed by atoms with Crippen LogP contribution >= 0.6 is 11.6 Å². The molecule has 0 spiro atoms. The summed E-state index contributed by atoms with van der Waals surface area (Å²) in [5, 5.41) is 17.6. The van der Waals surface area contributed by atoms with Gasteiger partial charge < -0.3 is 10.1 Å². The summed E-state index contributed by atoms with van der Waals surface area (Å²) < 4.78 is 1.34. The fourth-order valence-electron chi connectivity index (χ4n) is 1.24. The van der Waals surface area contributed by atoms with Crippen LogP contribution in [0.5, 0.6) is 0 Å². The monoisotopic (exact) mass is 254 g/mol. The van der Waals surface area contributed by atoms with Crippen molar-refractivity contribution >= 4 is 17.4 Å². The van der Waals surface area contributed by atoms with Gasteiger partial charge >= 0.3 is 5.82 Å². The molecule has 2 rings (SSSR count). The van der Waals surface area contributed by atoms with Crippen LogP contribution in [-0.2, 0) is 6.54 Å². The number of nitrogens with zero attached hydrogens (tertiary/aromatic N) is 6. The summed E-state index contributed by atoms with van der Waals surface area (Å²) in [5.74, 6) is -0.294. The minimum atomic E-state index is -0.602. The molecule has 0 unspecified atom stereocenters. The first kappa shape index (κ1) is 11.4. The third-order valence-electron chi connectivity index (χ3n) is 2.10. The second-order valence-electron chi connectivity index (χ2n) is 3.28. The Morgan fingerprint density at radius 1 is 1.59 bits per heavy atom. The standard InChI is InChI=1S/C8H7ClN6O2/c1-5-6(2-10-8(9)11-5)3-14-4-7(12-13-14)15(16)17/h2,4H,3H2,1H3. The van der Waals surface area contributed by atoms with Gasteiger partial charge in [0.15, 0.2) is 0 Å². The van der Waals surface area contributed by atoms with E-state index in [9.17, 15) is 10.1 Å². The van der Waals surface area contributed by atoms with Gasteiger partial charge in [0, 0.05) is 17.5 Å². The molecule has 2 heterocycles. The topological polar surface area (TPSA) is 99.6 Å². The van der Waals surface area contributed by atoms with Crippen LogP contribution in [0.25, 0.3) is 0 Å². The molecular weight excluding hydrogens is 248 g/mol. The first-order chi connectivity index (χ1) is 8.06. The molecule has 0 aliphatic rings. The summed E-state index contributed by atoms with van der Waals surface area (Å²) in [6.45, 7) is 2.08. The number of aryl methyl sites for hydroxylation is 1. The van der Waals surface area contributed by atoms with E-state index in [-0.39, 0.29) is 11.1 Å². The Labute approximate surface area is 100 Å². The van der Waals surface area contributed by atoms with Gasteiger partial charge in [0.05, 0.1) is 11.8 Å². The maximum absolute atomic E-state index is 10.4. The van der Waals surface area contributed by atoms with Crippen molar-refractivity contribution in [2.24, 2.45) is 0 Å². The Morgan fingerprint density at radius 3 is 2.94 bits per heavy atom. The summed E-state index contributed by atoms with van der Waals surface area (Å²) in [6.07, 6.45) is 2.80. The zero-order valence-corrected chi connectivity index (χ0v) is 9.50. The second kappa shape index (κ2) is 4.42. The Bertz CT molecular complexity index is 569. The van der Waals surface area contributed by atoms with Crippen LogP contribution in [-0.4, -0.2) is 29.9 Å². The molecule has 0 amide bonds. The summed E-state index contributed by atoms with van der Waals surface area (Å²) in [5.41, 5.74) is 1.47. The number of hydrogen-bond donors (Lipinski definition) is 0. The van der Waals surface area contributed by atoms with Crippen molar-refractivity contribution in [3.8, 4) is 0 Å². The molecule has 0 aromatic carbocycles. The van der Waals surface area contributed by atoms with Crippen LogP contribution in [0.1, 0.15) is 11.3 Å². The first-order valence-corrected chi connectivity index (χ1v) is 4.96. The summed E-state index contributed by atoms with van der Waals surface area (Å²) in [4.78, 5) is 17.6. The molecule has 88 valence electrons. The minimum absolute atomic E-state index is 0.163. The van der Waals surface area contributed by atoms with Gasteiger partial charge in [-0.15, -0.1) is 0 Å². The number of halogens is 1. The van der Waals surface area contributed by atoms with E-state index in [1.807, 2.05) is 0 Å². The van der Waals surface area contributed by atoms with Crippen molar-refractivity contribution in [1.82, 2.24) is 25.0 Å². The van der Waals surface area contributed by atoms with Crippen molar-refractivity contribution in [3.63, 3.8) is 0 Å². The largest absolute Gasteiger partial charge is 0.410 e. The first-order valence-electron chi connectivity index (χ1n) is 4.59. The van der Waals surface area contributed by atoms with E-state index in [0.717, 1.165) is 5.56 Å².